The monoisotopic (exact) mass is 311 g/mol. The molecule has 2 aliphatic rings. The van der Waals surface area contributed by atoms with E-state index in [-0.39, 0.29) is 12.1 Å². The summed E-state index contributed by atoms with van der Waals surface area (Å²) in [6.07, 6.45) is 11.0. The zero-order valence-corrected chi connectivity index (χ0v) is 14.1. The zero-order valence-electron chi connectivity index (χ0n) is 14.1. The summed E-state index contributed by atoms with van der Waals surface area (Å²) in [5.74, 6) is 0.317. The first-order valence-corrected chi connectivity index (χ1v) is 8.83. The van der Waals surface area contributed by atoms with Crippen molar-refractivity contribution in [2.45, 2.75) is 63.8 Å². The van der Waals surface area contributed by atoms with E-state index < -0.39 is 6.23 Å². The van der Waals surface area contributed by atoms with E-state index in [1.54, 1.807) is 0 Å². The Morgan fingerprint density at radius 1 is 1.23 bits per heavy atom. The van der Waals surface area contributed by atoms with E-state index in [1.807, 2.05) is 7.05 Å². The van der Waals surface area contributed by atoms with E-state index in [2.05, 4.69) is 34.8 Å². The van der Waals surface area contributed by atoms with E-state index in [9.17, 15) is 5.11 Å². The van der Waals surface area contributed by atoms with Crippen LogP contribution in [-0.4, -0.2) is 55.1 Å². The number of hydrogen-bond acceptors (Lipinski definition) is 5. The Labute approximate surface area is 135 Å². The molecule has 0 aromatic carbocycles. The van der Waals surface area contributed by atoms with Crippen LogP contribution in [0.15, 0.2) is 12.2 Å². The van der Waals surface area contributed by atoms with Crippen LogP contribution in [0.2, 0.25) is 0 Å². The minimum Gasteiger partial charge on any atom is -0.378 e. The molecule has 4 unspecified atom stereocenters. The first-order chi connectivity index (χ1) is 10.7. The van der Waals surface area contributed by atoms with Crippen molar-refractivity contribution in [3.05, 3.63) is 12.2 Å². The molecule has 0 aliphatic carbocycles. The Morgan fingerprint density at radius 2 is 2.00 bits per heavy atom. The van der Waals surface area contributed by atoms with Gasteiger partial charge < -0.3 is 9.84 Å². The molecular weight excluding hydrogens is 278 g/mol. The molecule has 1 saturated heterocycles. The zero-order chi connectivity index (χ0) is 15.8. The van der Waals surface area contributed by atoms with Gasteiger partial charge in [0.15, 0.2) is 0 Å². The summed E-state index contributed by atoms with van der Waals surface area (Å²) in [4.78, 5) is 2.19. The number of nitrogens with zero attached hydrogens (tertiary/aromatic N) is 1. The fraction of sp³-hybridized carbons (Fsp3) is 0.882. The molecule has 2 aliphatic heterocycles. The van der Waals surface area contributed by atoms with E-state index in [0.717, 1.165) is 38.8 Å². The predicted octanol–water partition coefficient (Wildman–Crippen LogP) is 1.64. The smallest absolute Gasteiger partial charge is 0.124 e. The average Bonchev–Trinajstić information content (AvgIpc) is 3.05. The minimum absolute atomic E-state index is 0.00120. The van der Waals surface area contributed by atoms with Crippen LogP contribution in [0.1, 0.15) is 45.4 Å². The van der Waals surface area contributed by atoms with E-state index in [0.29, 0.717) is 12.5 Å². The van der Waals surface area contributed by atoms with E-state index in [1.165, 1.54) is 12.8 Å². The van der Waals surface area contributed by atoms with Crippen LogP contribution in [-0.2, 0) is 4.74 Å². The molecule has 0 saturated carbocycles. The lowest BCUT2D eigenvalue weighted by atomic mass is 9.92. The molecule has 22 heavy (non-hydrogen) atoms. The highest BCUT2D eigenvalue weighted by Gasteiger charge is 2.33. The molecule has 0 spiro atoms. The molecule has 2 heterocycles. The van der Waals surface area contributed by atoms with Gasteiger partial charge in [-0.1, -0.05) is 12.2 Å². The van der Waals surface area contributed by atoms with Crippen LogP contribution in [0.3, 0.4) is 0 Å². The normalized spacial score (nSPS) is 32.5. The van der Waals surface area contributed by atoms with Crippen molar-refractivity contribution in [2.75, 3.05) is 26.7 Å². The summed E-state index contributed by atoms with van der Waals surface area (Å²) in [5.41, 5.74) is 6.33. The number of hydrogen-bond donors (Lipinski definition) is 3. The Hall–Kier alpha value is -0.460. The lowest BCUT2D eigenvalue weighted by Crippen LogP contribution is -2.57. The van der Waals surface area contributed by atoms with Crippen LogP contribution in [0.5, 0.6) is 0 Å². The van der Waals surface area contributed by atoms with Crippen molar-refractivity contribution < 1.29 is 9.84 Å². The highest BCUT2D eigenvalue weighted by molar-refractivity contribution is 4.88. The topological polar surface area (TPSA) is 56.8 Å². The number of allylic oxidation sites excluding steroid dienone is 1. The maximum atomic E-state index is 10.8. The number of ether oxygens (including phenoxy) is 1. The lowest BCUT2D eigenvalue weighted by Gasteiger charge is -2.36. The van der Waals surface area contributed by atoms with E-state index >= 15 is 0 Å². The van der Waals surface area contributed by atoms with Crippen LogP contribution in [0.4, 0.5) is 0 Å². The third kappa shape index (κ3) is 5.32. The molecule has 128 valence electrons. The second kappa shape index (κ2) is 9.63. The van der Waals surface area contributed by atoms with Gasteiger partial charge >= 0.3 is 0 Å². The molecule has 4 atom stereocenters. The fourth-order valence-corrected chi connectivity index (χ4v) is 3.46. The molecule has 0 aromatic rings. The van der Waals surface area contributed by atoms with Gasteiger partial charge in [0.2, 0.25) is 0 Å². The molecule has 3 N–H and O–H groups in total. The highest BCUT2D eigenvalue weighted by Crippen LogP contribution is 2.22. The third-order valence-corrected chi connectivity index (χ3v) is 4.83. The van der Waals surface area contributed by atoms with Gasteiger partial charge in [-0.15, -0.1) is 0 Å². The molecular formula is C17H33N3O2. The number of hydrazine groups is 1. The summed E-state index contributed by atoms with van der Waals surface area (Å²) in [5, 5.41) is 10.8. The van der Waals surface area contributed by atoms with Crippen LogP contribution >= 0.6 is 0 Å². The van der Waals surface area contributed by atoms with Gasteiger partial charge in [-0.25, -0.2) is 0 Å². The highest BCUT2D eigenvalue weighted by atomic mass is 16.5. The first kappa shape index (κ1) is 17.9. The summed E-state index contributed by atoms with van der Waals surface area (Å²) < 4.78 is 6.02. The third-order valence-electron chi connectivity index (χ3n) is 4.83. The molecule has 0 bridgehead atoms. The average molecular weight is 311 g/mol. The molecule has 0 radical (unpaired) electrons. The first-order valence-electron chi connectivity index (χ1n) is 8.83. The Kier molecular flexibility index (Phi) is 7.83. The Morgan fingerprint density at radius 3 is 2.73 bits per heavy atom. The van der Waals surface area contributed by atoms with Crippen molar-refractivity contribution >= 4 is 0 Å². The molecule has 2 rings (SSSR count). The molecule has 5 nitrogen and oxygen atoms in total. The number of likely N-dealkylation sites (tertiary alicyclic amines) is 1. The SMILES string of the molecule is CNNC(C1CCC/C=C\CC(C)OC1)C(O)N1CCCC1. The number of aliphatic hydroxyl groups excluding tert-OH is 1. The van der Waals surface area contributed by atoms with Gasteiger partial charge in [-0.2, -0.15) is 0 Å². The van der Waals surface area contributed by atoms with Crippen molar-refractivity contribution in [3.63, 3.8) is 0 Å². The molecule has 0 amide bonds. The number of rotatable bonds is 5. The second-order valence-corrected chi connectivity index (χ2v) is 6.62. The van der Waals surface area contributed by atoms with Crippen molar-refractivity contribution in [1.82, 2.24) is 15.8 Å². The van der Waals surface area contributed by atoms with Crippen molar-refractivity contribution in [3.8, 4) is 0 Å². The fourth-order valence-electron chi connectivity index (χ4n) is 3.46. The standard InChI is InChI=1S/C17H33N3O2/c1-14-9-5-3-4-6-10-15(13-22-14)16(19-18-2)17(21)20-11-7-8-12-20/h3,5,14-19,21H,4,6-13H2,1-2H3/b5-3-. The molecule has 0 aromatic heterocycles. The predicted molar refractivity (Wildman–Crippen MR) is 89.3 cm³/mol. The summed E-state index contributed by atoms with van der Waals surface area (Å²) >= 11 is 0. The second-order valence-electron chi connectivity index (χ2n) is 6.62. The maximum absolute atomic E-state index is 10.8. The quantitative estimate of drug-likeness (QED) is 0.532. The largest absolute Gasteiger partial charge is 0.378 e. The van der Waals surface area contributed by atoms with Gasteiger partial charge in [0.1, 0.15) is 6.23 Å². The molecule has 5 heteroatoms. The van der Waals surface area contributed by atoms with Gasteiger partial charge in [0.25, 0.3) is 0 Å². The van der Waals surface area contributed by atoms with Gasteiger partial charge in [0, 0.05) is 19.0 Å². The van der Waals surface area contributed by atoms with Crippen molar-refractivity contribution in [1.29, 1.82) is 0 Å². The maximum Gasteiger partial charge on any atom is 0.124 e. The van der Waals surface area contributed by atoms with E-state index in [4.69, 9.17) is 4.74 Å². The lowest BCUT2D eigenvalue weighted by molar-refractivity contribution is -0.0539. The molecule has 1 fully saturated rings. The minimum atomic E-state index is -0.447. The van der Waals surface area contributed by atoms with Gasteiger partial charge in [-0.3, -0.25) is 15.8 Å². The number of nitrogens with one attached hydrogen (secondary N) is 2. The van der Waals surface area contributed by atoms with Crippen LogP contribution in [0.25, 0.3) is 0 Å². The van der Waals surface area contributed by atoms with Crippen LogP contribution in [0, 0.1) is 5.92 Å². The van der Waals surface area contributed by atoms with Crippen molar-refractivity contribution in [2.24, 2.45) is 5.92 Å². The Balaban J connectivity index is 2.01. The summed E-state index contributed by atoms with van der Waals surface area (Å²) in [6, 6.07) is -0.00120. The van der Waals surface area contributed by atoms with Crippen LogP contribution < -0.4 is 10.9 Å². The Bertz CT molecular complexity index is 332. The summed E-state index contributed by atoms with van der Waals surface area (Å²) in [6.45, 7) is 4.82. The number of aliphatic hydroxyl groups is 1. The van der Waals surface area contributed by atoms with Gasteiger partial charge in [-0.05, 0) is 52.5 Å². The van der Waals surface area contributed by atoms with Gasteiger partial charge in [0.05, 0.1) is 18.8 Å². The summed E-state index contributed by atoms with van der Waals surface area (Å²) in [7, 11) is 1.87.